The third kappa shape index (κ3) is 6.08. The molecule has 1 aromatic carbocycles. The maximum absolute atomic E-state index is 13.7. The van der Waals surface area contributed by atoms with E-state index < -0.39 is 20.0 Å². The Morgan fingerprint density at radius 2 is 1.85 bits per heavy atom. The van der Waals surface area contributed by atoms with E-state index in [0.29, 0.717) is 23.7 Å². The zero-order valence-electron chi connectivity index (χ0n) is 20.7. The molecule has 3 aromatic rings. The largest absolute Gasteiger partial charge is 0.412 e. The number of hydrogen-bond acceptors (Lipinski definition) is 5. The van der Waals surface area contributed by atoms with Crippen molar-refractivity contribution < 1.29 is 18.3 Å². The highest BCUT2D eigenvalue weighted by molar-refractivity contribution is 6.74. The molecule has 0 spiro atoms. The number of nitrogens with one attached hydrogen (secondary N) is 1. The van der Waals surface area contributed by atoms with Crippen molar-refractivity contribution in [3.05, 3.63) is 59.9 Å². The molecule has 2 aromatic heterocycles. The zero-order chi connectivity index (χ0) is 25.1. The van der Waals surface area contributed by atoms with Crippen molar-refractivity contribution in [2.45, 2.75) is 71.5 Å². The normalized spacial score (nSPS) is 13.2. The molecule has 2 heterocycles. The monoisotopic (exact) mass is 488 g/mol. The third-order valence-electron chi connectivity index (χ3n) is 6.35. The van der Waals surface area contributed by atoms with E-state index in [-0.39, 0.29) is 17.7 Å². The van der Waals surface area contributed by atoms with Crippen molar-refractivity contribution in [2.24, 2.45) is 0 Å². The van der Waals surface area contributed by atoms with E-state index in [1.165, 1.54) is 6.07 Å². The van der Waals surface area contributed by atoms with Gasteiger partial charge in [-0.3, -0.25) is 9.67 Å². The van der Waals surface area contributed by atoms with Gasteiger partial charge in [0.15, 0.2) is 25.8 Å². The quantitative estimate of drug-likeness (QED) is 0.348. The predicted octanol–water partition coefficient (Wildman–Crippen LogP) is 6.26. The number of pyridine rings is 1. The first-order chi connectivity index (χ1) is 15.9. The first-order valence-electron chi connectivity index (χ1n) is 11.5. The average molecular weight is 489 g/mol. The molecule has 0 unspecified atom stereocenters. The van der Waals surface area contributed by atoms with Gasteiger partial charge in [0.05, 0.1) is 30.6 Å². The van der Waals surface area contributed by atoms with Crippen LogP contribution in [0.1, 0.15) is 39.8 Å². The van der Waals surface area contributed by atoms with Crippen LogP contribution in [0.25, 0.3) is 11.3 Å². The summed E-state index contributed by atoms with van der Waals surface area (Å²) in [5, 5.41) is 17.4. The number of benzene rings is 1. The van der Waals surface area contributed by atoms with E-state index in [2.05, 4.69) is 51.1 Å². The molecular formula is C25H34F2N4O2Si. The molecule has 1 atom stereocenters. The topological polar surface area (TPSA) is 72.2 Å². The fraction of sp³-hybridized carbons (Fsp3) is 0.440. The molecule has 0 radical (unpaired) electrons. The molecule has 2 N–H and O–H groups in total. The lowest BCUT2D eigenvalue weighted by atomic mass is 10.1. The third-order valence-corrected chi connectivity index (χ3v) is 10.9. The summed E-state index contributed by atoms with van der Waals surface area (Å²) in [5.74, 6) is -1.34. The van der Waals surface area contributed by atoms with Gasteiger partial charge in [0.1, 0.15) is 0 Å². The summed E-state index contributed by atoms with van der Waals surface area (Å²) in [4.78, 5) is 4.17. The van der Waals surface area contributed by atoms with E-state index in [1.807, 2.05) is 22.9 Å². The Balaban J connectivity index is 1.96. The summed E-state index contributed by atoms with van der Waals surface area (Å²) in [6.07, 6.45) is 2.41. The molecule has 0 amide bonds. The number of aliphatic hydroxyl groups excluding tert-OH is 1. The second-order valence-electron chi connectivity index (χ2n) is 9.95. The van der Waals surface area contributed by atoms with E-state index in [1.54, 1.807) is 6.20 Å². The first-order valence-corrected chi connectivity index (χ1v) is 14.4. The van der Waals surface area contributed by atoms with Gasteiger partial charge in [-0.2, -0.15) is 5.10 Å². The van der Waals surface area contributed by atoms with Gasteiger partial charge in [0.25, 0.3) is 0 Å². The van der Waals surface area contributed by atoms with Crippen LogP contribution in [0, 0.1) is 11.6 Å². The van der Waals surface area contributed by atoms with Gasteiger partial charge in [0, 0.05) is 29.6 Å². The van der Waals surface area contributed by atoms with E-state index in [4.69, 9.17) is 9.52 Å². The number of aromatic nitrogens is 3. The number of rotatable bonds is 9. The second-order valence-corrected chi connectivity index (χ2v) is 14.7. The highest BCUT2D eigenvalue weighted by Gasteiger charge is 2.39. The molecule has 9 heteroatoms. The van der Waals surface area contributed by atoms with Crippen LogP contribution in [-0.4, -0.2) is 34.3 Å². The predicted molar refractivity (Wildman–Crippen MR) is 133 cm³/mol. The highest BCUT2D eigenvalue weighted by Crippen LogP contribution is 2.38. The fourth-order valence-corrected chi connectivity index (χ4v) is 4.76. The number of aliphatic hydroxyl groups is 1. The molecule has 0 saturated carbocycles. The van der Waals surface area contributed by atoms with E-state index in [0.717, 1.165) is 29.8 Å². The average Bonchev–Trinajstić information content (AvgIpc) is 3.17. The van der Waals surface area contributed by atoms with Gasteiger partial charge >= 0.3 is 0 Å². The van der Waals surface area contributed by atoms with Crippen LogP contribution in [0.2, 0.25) is 18.1 Å². The minimum atomic E-state index is -2.00. The summed E-state index contributed by atoms with van der Waals surface area (Å²) in [6.45, 7) is 13.5. The summed E-state index contributed by atoms with van der Waals surface area (Å²) >= 11 is 0. The SMILES string of the molecule is CC[C@@H](Cn1nc(Nc2ccc(F)c(F)c2)cc1-c1ccnc(CO)c1)O[Si](C)(C)C(C)(C)C. The lowest BCUT2D eigenvalue weighted by molar-refractivity contribution is 0.153. The second kappa shape index (κ2) is 10.3. The van der Waals surface area contributed by atoms with Crippen molar-refractivity contribution in [1.29, 1.82) is 0 Å². The maximum Gasteiger partial charge on any atom is 0.192 e. The molecule has 0 saturated heterocycles. The van der Waals surface area contributed by atoms with Crippen LogP contribution in [0.5, 0.6) is 0 Å². The highest BCUT2D eigenvalue weighted by atomic mass is 28.4. The van der Waals surface area contributed by atoms with Crippen LogP contribution in [0.15, 0.2) is 42.6 Å². The number of halogens is 2. The molecule has 0 aliphatic heterocycles. The van der Waals surface area contributed by atoms with Gasteiger partial charge < -0.3 is 14.8 Å². The zero-order valence-corrected chi connectivity index (χ0v) is 21.7. The minimum absolute atomic E-state index is 0.0465. The molecule has 184 valence electrons. The molecule has 0 bridgehead atoms. The summed E-state index contributed by atoms with van der Waals surface area (Å²) in [5.41, 5.74) is 2.59. The van der Waals surface area contributed by atoms with Crippen molar-refractivity contribution in [3.63, 3.8) is 0 Å². The Hall–Kier alpha value is -2.62. The van der Waals surface area contributed by atoms with Crippen LogP contribution in [0.4, 0.5) is 20.3 Å². The Morgan fingerprint density at radius 1 is 1.12 bits per heavy atom. The van der Waals surface area contributed by atoms with Gasteiger partial charge in [0.2, 0.25) is 0 Å². The molecule has 34 heavy (non-hydrogen) atoms. The molecule has 0 aliphatic rings. The minimum Gasteiger partial charge on any atom is -0.412 e. The van der Waals surface area contributed by atoms with E-state index >= 15 is 0 Å². The Kier molecular flexibility index (Phi) is 7.90. The smallest absolute Gasteiger partial charge is 0.192 e. The van der Waals surface area contributed by atoms with Gasteiger partial charge in [-0.25, -0.2) is 8.78 Å². The van der Waals surface area contributed by atoms with Crippen LogP contribution < -0.4 is 5.32 Å². The summed E-state index contributed by atoms with van der Waals surface area (Å²) in [7, 11) is -2.00. The van der Waals surface area contributed by atoms with Crippen molar-refractivity contribution in [2.75, 3.05) is 5.32 Å². The van der Waals surface area contributed by atoms with Crippen molar-refractivity contribution in [3.8, 4) is 11.3 Å². The summed E-state index contributed by atoms with van der Waals surface area (Å²) < 4.78 is 35.6. The van der Waals surface area contributed by atoms with Crippen molar-refractivity contribution in [1.82, 2.24) is 14.8 Å². The maximum atomic E-state index is 13.7. The van der Waals surface area contributed by atoms with E-state index in [9.17, 15) is 13.9 Å². The van der Waals surface area contributed by atoms with Crippen molar-refractivity contribution >= 4 is 19.8 Å². The molecular weight excluding hydrogens is 454 g/mol. The van der Waals surface area contributed by atoms with Gasteiger partial charge in [-0.15, -0.1) is 0 Å². The number of nitrogens with zero attached hydrogens (tertiary/aromatic N) is 3. The first kappa shape index (κ1) is 26.0. The lowest BCUT2D eigenvalue weighted by Crippen LogP contribution is -2.44. The van der Waals surface area contributed by atoms with Gasteiger partial charge in [-0.05, 0) is 48.8 Å². The Labute approximate surface area is 201 Å². The van der Waals surface area contributed by atoms with Crippen LogP contribution in [0.3, 0.4) is 0 Å². The standard InChI is InChI=1S/C25H34F2N4O2Si/c1-7-20(33-34(5,6)25(2,3)4)15-31-23(17-10-11-28-19(12-17)16-32)14-24(30-31)29-18-8-9-21(26)22(27)13-18/h8-14,20,32H,7,15-16H2,1-6H3,(H,29,30)/t20-/m0/s1. The fourth-order valence-electron chi connectivity index (χ4n) is 3.33. The van der Waals surface area contributed by atoms with Gasteiger partial charge in [-0.1, -0.05) is 27.7 Å². The Morgan fingerprint density at radius 3 is 2.47 bits per heavy atom. The Bertz CT molecular complexity index is 1130. The summed E-state index contributed by atoms with van der Waals surface area (Å²) in [6, 6.07) is 9.14. The number of hydrogen-bond donors (Lipinski definition) is 2. The van der Waals surface area contributed by atoms with Crippen LogP contribution >= 0.6 is 0 Å². The molecule has 3 rings (SSSR count). The molecule has 0 fully saturated rings. The molecule has 6 nitrogen and oxygen atoms in total. The molecule has 0 aliphatic carbocycles. The van der Waals surface area contributed by atoms with Crippen LogP contribution in [-0.2, 0) is 17.6 Å². The number of anilines is 2. The lowest BCUT2D eigenvalue weighted by Gasteiger charge is -2.39.